The van der Waals surface area contributed by atoms with Gasteiger partial charge in [-0.1, -0.05) is 0 Å². The van der Waals surface area contributed by atoms with Crippen molar-refractivity contribution in [1.29, 1.82) is 5.26 Å². The SMILES string of the molecule is N#Cc1ccc2c(c1)CCC(C(=O)O)CN2. The van der Waals surface area contributed by atoms with Crippen LogP contribution in [0.3, 0.4) is 0 Å². The van der Waals surface area contributed by atoms with E-state index in [-0.39, 0.29) is 5.92 Å². The fraction of sp³-hybridized carbons (Fsp3) is 0.333. The number of fused-ring (bicyclic) bond motifs is 1. The molecule has 1 aromatic carbocycles. The highest BCUT2D eigenvalue weighted by Crippen LogP contribution is 2.24. The molecule has 1 aromatic rings. The van der Waals surface area contributed by atoms with Crippen LogP contribution in [0.25, 0.3) is 0 Å². The van der Waals surface area contributed by atoms with Crippen molar-refractivity contribution in [3.05, 3.63) is 29.3 Å². The third kappa shape index (κ3) is 1.98. The summed E-state index contributed by atoms with van der Waals surface area (Å²) in [5.74, 6) is -1.11. The van der Waals surface area contributed by atoms with Gasteiger partial charge >= 0.3 is 5.97 Å². The molecular formula is C12H12N2O2. The van der Waals surface area contributed by atoms with E-state index < -0.39 is 5.97 Å². The van der Waals surface area contributed by atoms with Crippen molar-refractivity contribution < 1.29 is 9.90 Å². The van der Waals surface area contributed by atoms with Gasteiger partial charge in [0, 0.05) is 12.2 Å². The number of aliphatic carboxylic acids is 1. The highest BCUT2D eigenvalue weighted by atomic mass is 16.4. The standard InChI is InChI=1S/C12H12N2O2/c13-6-8-1-4-11-9(5-8)2-3-10(7-14-11)12(15)16/h1,4-5,10,14H,2-3,7H2,(H,15,16). The molecule has 0 saturated heterocycles. The van der Waals surface area contributed by atoms with Gasteiger partial charge < -0.3 is 10.4 Å². The molecule has 0 fully saturated rings. The van der Waals surface area contributed by atoms with Crippen LogP contribution in [-0.4, -0.2) is 17.6 Å². The molecule has 4 heteroatoms. The number of carboxylic acids is 1. The van der Waals surface area contributed by atoms with E-state index in [1.54, 1.807) is 6.07 Å². The number of hydrogen-bond donors (Lipinski definition) is 2. The maximum atomic E-state index is 10.9. The van der Waals surface area contributed by atoms with Crippen molar-refractivity contribution in [1.82, 2.24) is 0 Å². The van der Waals surface area contributed by atoms with Gasteiger partial charge in [-0.05, 0) is 36.6 Å². The summed E-state index contributed by atoms with van der Waals surface area (Å²) < 4.78 is 0. The van der Waals surface area contributed by atoms with Crippen LogP contribution in [0.2, 0.25) is 0 Å². The minimum Gasteiger partial charge on any atom is -0.481 e. The van der Waals surface area contributed by atoms with Crippen LogP contribution in [0.5, 0.6) is 0 Å². The topological polar surface area (TPSA) is 73.1 Å². The van der Waals surface area contributed by atoms with Crippen LogP contribution in [-0.2, 0) is 11.2 Å². The lowest BCUT2D eigenvalue weighted by Gasteiger charge is -2.08. The van der Waals surface area contributed by atoms with Gasteiger partial charge in [0.2, 0.25) is 0 Å². The zero-order valence-electron chi connectivity index (χ0n) is 8.73. The number of anilines is 1. The Hall–Kier alpha value is -2.02. The van der Waals surface area contributed by atoms with Crippen molar-refractivity contribution in [3.8, 4) is 6.07 Å². The number of nitriles is 1. The van der Waals surface area contributed by atoms with Gasteiger partial charge in [0.05, 0.1) is 17.6 Å². The summed E-state index contributed by atoms with van der Waals surface area (Å²) in [6.07, 6.45) is 1.32. The largest absolute Gasteiger partial charge is 0.481 e. The predicted octanol–water partition coefficient (Wildman–Crippen LogP) is 1.62. The van der Waals surface area contributed by atoms with E-state index >= 15 is 0 Å². The summed E-state index contributed by atoms with van der Waals surface area (Å²) in [6, 6.07) is 7.50. The average molecular weight is 216 g/mol. The zero-order chi connectivity index (χ0) is 11.5. The molecule has 1 heterocycles. The first kappa shape index (κ1) is 10.5. The van der Waals surface area contributed by atoms with E-state index in [1.807, 2.05) is 12.1 Å². The van der Waals surface area contributed by atoms with E-state index in [0.29, 0.717) is 24.9 Å². The average Bonchev–Trinajstić information content (AvgIpc) is 2.50. The molecule has 1 aliphatic heterocycles. The fourth-order valence-corrected chi connectivity index (χ4v) is 1.92. The first-order valence-electron chi connectivity index (χ1n) is 5.20. The Kier molecular flexibility index (Phi) is 2.78. The smallest absolute Gasteiger partial charge is 0.308 e. The summed E-state index contributed by atoms with van der Waals surface area (Å²) in [7, 11) is 0. The molecule has 1 unspecified atom stereocenters. The summed E-state index contributed by atoms with van der Waals surface area (Å²) in [5.41, 5.74) is 2.60. The number of nitrogens with one attached hydrogen (secondary N) is 1. The minimum atomic E-state index is -0.763. The Balaban J connectivity index is 2.24. The second-order valence-corrected chi connectivity index (χ2v) is 3.94. The second-order valence-electron chi connectivity index (χ2n) is 3.94. The van der Waals surface area contributed by atoms with Crippen LogP contribution in [0.1, 0.15) is 17.5 Å². The van der Waals surface area contributed by atoms with Gasteiger partial charge in [-0.25, -0.2) is 0 Å². The van der Waals surface area contributed by atoms with Gasteiger partial charge in [0.15, 0.2) is 0 Å². The summed E-state index contributed by atoms with van der Waals surface area (Å²) in [4.78, 5) is 10.9. The van der Waals surface area contributed by atoms with Gasteiger partial charge in [-0.15, -0.1) is 0 Å². The predicted molar refractivity (Wildman–Crippen MR) is 59.1 cm³/mol. The molecular weight excluding hydrogens is 204 g/mol. The van der Waals surface area contributed by atoms with Crippen LogP contribution in [0, 0.1) is 17.2 Å². The lowest BCUT2D eigenvalue weighted by Crippen LogP contribution is -2.21. The van der Waals surface area contributed by atoms with Crippen LogP contribution in [0.4, 0.5) is 5.69 Å². The Morgan fingerprint density at radius 1 is 1.56 bits per heavy atom. The molecule has 0 spiro atoms. The molecule has 0 bridgehead atoms. The van der Waals surface area contributed by atoms with E-state index in [2.05, 4.69) is 11.4 Å². The van der Waals surface area contributed by atoms with E-state index in [1.165, 1.54) is 0 Å². The quantitative estimate of drug-likeness (QED) is 0.748. The molecule has 2 rings (SSSR count). The molecule has 0 aliphatic carbocycles. The number of hydrogen-bond acceptors (Lipinski definition) is 3. The molecule has 0 saturated carbocycles. The van der Waals surface area contributed by atoms with Crippen molar-refractivity contribution in [2.75, 3.05) is 11.9 Å². The molecule has 0 amide bonds. The Morgan fingerprint density at radius 3 is 3.06 bits per heavy atom. The lowest BCUT2D eigenvalue weighted by atomic mass is 10.0. The lowest BCUT2D eigenvalue weighted by molar-refractivity contribution is -0.141. The zero-order valence-corrected chi connectivity index (χ0v) is 8.73. The fourth-order valence-electron chi connectivity index (χ4n) is 1.92. The van der Waals surface area contributed by atoms with E-state index in [0.717, 1.165) is 11.3 Å². The summed E-state index contributed by atoms with van der Waals surface area (Å²) in [6.45, 7) is 0.453. The van der Waals surface area contributed by atoms with Gasteiger partial charge in [0.25, 0.3) is 0 Å². The highest BCUT2D eigenvalue weighted by molar-refractivity contribution is 5.71. The van der Waals surface area contributed by atoms with Crippen LogP contribution in [0.15, 0.2) is 18.2 Å². The molecule has 1 atom stereocenters. The minimum absolute atomic E-state index is 0.349. The van der Waals surface area contributed by atoms with Crippen molar-refractivity contribution in [3.63, 3.8) is 0 Å². The maximum absolute atomic E-state index is 10.9. The molecule has 1 aliphatic rings. The molecule has 16 heavy (non-hydrogen) atoms. The number of rotatable bonds is 1. The van der Waals surface area contributed by atoms with Crippen LogP contribution < -0.4 is 5.32 Å². The first-order chi connectivity index (χ1) is 7.70. The highest BCUT2D eigenvalue weighted by Gasteiger charge is 2.21. The maximum Gasteiger partial charge on any atom is 0.308 e. The normalized spacial score (nSPS) is 18.8. The Morgan fingerprint density at radius 2 is 2.38 bits per heavy atom. The molecule has 4 nitrogen and oxygen atoms in total. The third-order valence-corrected chi connectivity index (χ3v) is 2.88. The Labute approximate surface area is 93.5 Å². The first-order valence-corrected chi connectivity index (χ1v) is 5.20. The van der Waals surface area contributed by atoms with Crippen molar-refractivity contribution in [2.24, 2.45) is 5.92 Å². The van der Waals surface area contributed by atoms with Gasteiger partial charge in [0.1, 0.15) is 0 Å². The summed E-state index contributed by atoms with van der Waals surface area (Å²) >= 11 is 0. The monoisotopic (exact) mass is 216 g/mol. The van der Waals surface area contributed by atoms with Crippen LogP contribution >= 0.6 is 0 Å². The van der Waals surface area contributed by atoms with Crippen molar-refractivity contribution >= 4 is 11.7 Å². The summed E-state index contributed by atoms with van der Waals surface area (Å²) in [5, 5.41) is 20.9. The molecule has 0 radical (unpaired) electrons. The van der Waals surface area contributed by atoms with Crippen molar-refractivity contribution in [2.45, 2.75) is 12.8 Å². The second kappa shape index (κ2) is 4.23. The van der Waals surface area contributed by atoms with E-state index in [4.69, 9.17) is 10.4 Å². The number of benzene rings is 1. The number of nitrogens with zero attached hydrogens (tertiary/aromatic N) is 1. The third-order valence-electron chi connectivity index (χ3n) is 2.88. The number of carbonyl (C=O) groups is 1. The van der Waals surface area contributed by atoms with Gasteiger partial charge in [-0.2, -0.15) is 5.26 Å². The molecule has 82 valence electrons. The number of carboxylic acid groups (broad SMARTS) is 1. The van der Waals surface area contributed by atoms with E-state index in [9.17, 15) is 4.79 Å². The molecule has 0 aromatic heterocycles. The number of aryl methyl sites for hydroxylation is 1. The Bertz CT molecular complexity index is 463. The molecule has 2 N–H and O–H groups in total. The van der Waals surface area contributed by atoms with Gasteiger partial charge in [-0.3, -0.25) is 4.79 Å².